The van der Waals surface area contributed by atoms with Crippen LogP contribution < -0.4 is 0 Å². The summed E-state index contributed by atoms with van der Waals surface area (Å²) in [5.41, 5.74) is 3.53. The zero-order valence-electron chi connectivity index (χ0n) is 15.6. The van der Waals surface area contributed by atoms with E-state index in [2.05, 4.69) is 9.55 Å². The maximum absolute atomic E-state index is 12.9. The highest BCUT2D eigenvalue weighted by Gasteiger charge is 2.31. The smallest absolute Gasteiger partial charge is 0.253 e. The minimum absolute atomic E-state index is 0.0689. The number of nitrogens with zero attached hydrogens (tertiary/aromatic N) is 4. The third kappa shape index (κ3) is 2.78. The standard InChI is InChI=1S/C22H20N4O2/c1-15-6-8-16(9-7-15)22(27)25-12-10-17(14-25)26-20-18(4-2-11-23-20)24-21(26)19-5-3-13-28-19/h2-9,11,13,17H,10,12,14H2,1H3/t17-/m0/s1. The molecule has 4 aromatic rings. The molecule has 5 rings (SSSR count). The third-order valence-corrected chi connectivity index (χ3v) is 5.30. The van der Waals surface area contributed by atoms with E-state index in [0.717, 1.165) is 34.5 Å². The van der Waals surface area contributed by atoms with Gasteiger partial charge in [0.25, 0.3) is 5.91 Å². The second kappa shape index (κ2) is 6.64. The Hall–Kier alpha value is -3.41. The second-order valence-corrected chi connectivity index (χ2v) is 7.19. The predicted octanol–water partition coefficient (Wildman–Crippen LogP) is 4.09. The molecule has 0 aliphatic carbocycles. The summed E-state index contributed by atoms with van der Waals surface area (Å²) in [6, 6.07) is 15.4. The van der Waals surface area contributed by atoms with Gasteiger partial charge in [0.15, 0.2) is 17.2 Å². The van der Waals surface area contributed by atoms with Gasteiger partial charge in [0.05, 0.1) is 12.3 Å². The van der Waals surface area contributed by atoms with Crippen molar-refractivity contribution in [2.24, 2.45) is 0 Å². The van der Waals surface area contributed by atoms with Crippen molar-refractivity contribution < 1.29 is 9.21 Å². The molecular weight excluding hydrogens is 352 g/mol. The number of carbonyl (C=O) groups excluding carboxylic acids is 1. The molecule has 4 heterocycles. The highest BCUT2D eigenvalue weighted by atomic mass is 16.3. The number of aryl methyl sites for hydroxylation is 1. The quantitative estimate of drug-likeness (QED) is 0.543. The fourth-order valence-corrected chi connectivity index (χ4v) is 3.87. The van der Waals surface area contributed by atoms with Crippen LogP contribution in [0.5, 0.6) is 0 Å². The lowest BCUT2D eigenvalue weighted by atomic mass is 10.1. The Balaban J connectivity index is 1.49. The van der Waals surface area contributed by atoms with Crippen molar-refractivity contribution in [3.8, 4) is 11.6 Å². The lowest BCUT2D eigenvalue weighted by Gasteiger charge is -2.18. The minimum atomic E-state index is 0.0689. The summed E-state index contributed by atoms with van der Waals surface area (Å²) in [5.74, 6) is 1.54. The van der Waals surface area contributed by atoms with E-state index in [-0.39, 0.29) is 11.9 Å². The summed E-state index contributed by atoms with van der Waals surface area (Å²) in [7, 11) is 0. The van der Waals surface area contributed by atoms with Gasteiger partial charge in [-0.15, -0.1) is 0 Å². The van der Waals surface area contributed by atoms with Crippen LogP contribution in [0, 0.1) is 6.92 Å². The number of hydrogen-bond acceptors (Lipinski definition) is 4. The first-order valence-corrected chi connectivity index (χ1v) is 9.43. The first-order valence-electron chi connectivity index (χ1n) is 9.43. The molecule has 0 radical (unpaired) electrons. The number of likely N-dealkylation sites (tertiary alicyclic amines) is 1. The average Bonchev–Trinajstić information content (AvgIpc) is 3.46. The van der Waals surface area contributed by atoms with E-state index >= 15 is 0 Å². The molecular formula is C22H20N4O2. The average molecular weight is 372 g/mol. The first-order chi connectivity index (χ1) is 13.7. The number of pyridine rings is 1. The maximum Gasteiger partial charge on any atom is 0.253 e. The summed E-state index contributed by atoms with van der Waals surface area (Å²) >= 11 is 0. The van der Waals surface area contributed by atoms with Crippen molar-refractivity contribution >= 4 is 17.1 Å². The van der Waals surface area contributed by atoms with E-state index in [1.54, 1.807) is 12.5 Å². The van der Waals surface area contributed by atoms with Gasteiger partial charge in [-0.2, -0.15) is 0 Å². The van der Waals surface area contributed by atoms with Crippen LogP contribution in [0.1, 0.15) is 28.4 Å². The van der Waals surface area contributed by atoms with Crippen LogP contribution >= 0.6 is 0 Å². The Morgan fingerprint density at radius 1 is 1.14 bits per heavy atom. The number of carbonyl (C=O) groups is 1. The van der Waals surface area contributed by atoms with Crippen molar-refractivity contribution in [1.29, 1.82) is 0 Å². The van der Waals surface area contributed by atoms with Gasteiger partial charge in [0.1, 0.15) is 5.52 Å². The number of imidazole rings is 1. The number of furan rings is 1. The minimum Gasteiger partial charge on any atom is -0.461 e. The second-order valence-electron chi connectivity index (χ2n) is 7.19. The number of hydrogen-bond donors (Lipinski definition) is 0. The van der Waals surface area contributed by atoms with E-state index in [1.165, 1.54) is 0 Å². The van der Waals surface area contributed by atoms with Crippen molar-refractivity contribution in [2.45, 2.75) is 19.4 Å². The molecule has 3 aromatic heterocycles. The Kier molecular flexibility index (Phi) is 3.97. The van der Waals surface area contributed by atoms with Gasteiger partial charge in [-0.05, 0) is 49.7 Å². The summed E-state index contributed by atoms with van der Waals surface area (Å²) in [6.07, 6.45) is 4.28. The predicted molar refractivity (Wildman–Crippen MR) is 106 cm³/mol. The molecule has 1 aliphatic rings. The SMILES string of the molecule is Cc1ccc(C(=O)N2CC[C@H](n3c(-c4ccco4)nc4cccnc43)C2)cc1. The van der Waals surface area contributed by atoms with Crippen LogP contribution in [0.4, 0.5) is 0 Å². The van der Waals surface area contributed by atoms with Crippen LogP contribution in [0.15, 0.2) is 65.4 Å². The molecule has 1 atom stereocenters. The highest BCUT2D eigenvalue weighted by molar-refractivity contribution is 5.94. The van der Waals surface area contributed by atoms with Crippen molar-refractivity contribution in [3.05, 3.63) is 72.1 Å². The van der Waals surface area contributed by atoms with E-state index in [9.17, 15) is 4.79 Å². The molecule has 140 valence electrons. The van der Waals surface area contributed by atoms with E-state index < -0.39 is 0 Å². The molecule has 1 saturated heterocycles. The van der Waals surface area contributed by atoms with Gasteiger partial charge >= 0.3 is 0 Å². The zero-order valence-corrected chi connectivity index (χ0v) is 15.6. The van der Waals surface area contributed by atoms with Crippen LogP contribution in [0.2, 0.25) is 0 Å². The van der Waals surface area contributed by atoms with Gasteiger partial charge in [-0.25, -0.2) is 9.97 Å². The van der Waals surface area contributed by atoms with Crippen molar-refractivity contribution in [2.75, 3.05) is 13.1 Å². The molecule has 6 nitrogen and oxygen atoms in total. The van der Waals surface area contributed by atoms with Crippen molar-refractivity contribution in [3.63, 3.8) is 0 Å². The third-order valence-electron chi connectivity index (χ3n) is 5.30. The lowest BCUT2D eigenvalue weighted by molar-refractivity contribution is 0.0788. The van der Waals surface area contributed by atoms with Crippen LogP contribution in [-0.4, -0.2) is 38.4 Å². The zero-order chi connectivity index (χ0) is 19.1. The fraction of sp³-hybridized carbons (Fsp3) is 0.227. The van der Waals surface area contributed by atoms with Crippen LogP contribution in [-0.2, 0) is 0 Å². The topological polar surface area (TPSA) is 64.2 Å². The van der Waals surface area contributed by atoms with Crippen LogP contribution in [0.25, 0.3) is 22.7 Å². The Morgan fingerprint density at radius 2 is 2.00 bits per heavy atom. The molecule has 0 unspecified atom stereocenters. The van der Waals surface area contributed by atoms with Gasteiger partial charge < -0.3 is 13.9 Å². The first kappa shape index (κ1) is 16.7. The number of benzene rings is 1. The normalized spacial score (nSPS) is 16.8. The summed E-state index contributed by atoms with van der Waals surface area (Å²) < 4.78 is 7.73. The lowest BCUT2D eigenvalue weighted by Crippen LogP contribution is -2.29. The van der Waals surface area contributed by atoms with Gasteiger partial charge in [-0.3, -0.25) is 4.79 Å². The van der Waals surface area contributed by atoms with Gasteiger partial charge in [0, 0.05) is 24.8 Å². The molecule has 0 spiro atoms. The van der Waals surface area contributed by atoms with E-state index in [1.807, 2.05) is 60.4 Å². The Bertz CT molecular complexity index is 1130. The van der Waals surface area contributed by atoms with E-state index in [4.69, 9.17) is 9.40 Å². The molecule has 1 aromatic carbocycles. The summed E-state index contributed by atoms with van der Waals surface area (Å²) in [4.78, 5) is 24.1. The largest absolute Gasteiger partial charge is 0.461 e. The Labute approximate surface area is 162 Å². The molecule has 0 bridgehead atoms. The number of aromatic nitrogens is 3. The molecule has 0 saturated carbocycles. The Morgan fingerprint density at radius 3 is 2.79 bits per heavy atom. The summed E-state index contributed by atoms with van der Waals surface area (Å²) in [6.45, 7) is 3.36. The monoisotopic (exact) mass is 372 g/mol. The van der Waals surface area contributed by atoms with Gasteiger partial charge in [-0.1, -0.05) is 17.7 Å². The van der Waals surface area contributed by atoms with Gasteiger partial charge in [0.2, 0.25) is 0 Å². The maximum atomic E-state index is 12.9. The molecule has 28 heavy (non-hydrogen) atoms. The number of fused-ring (bicyclic) bond motifs is 1. The highest BCUT2D eigenvalue weighted by Crippen LogP contribution is 2.32. The fourth-order valence-electron chi connectivity index (χ4n) is 3.87. The molecule has 1 amide bonds. The molecule has 0 N–H and O–H groups in total. The van der Waals surface area contributed by atoms with Crippen LogP contribution in [0.3, 0.4) is 0 Å². The molecule has 6 heteroatoms. The summed E-state index contributed by atoms with van der Waals surface area (Å²) in [5, 5.41) is 0. The molecule has 1 fully saturated rings. The van der Waals surface area contributed by atoms with Crippen molar-refractivity contribution in [1.82, 2.24) is 19.4 Å². The number of rotatable bonds is 3. The molecule has 1 aliphatic heterocycles. The van der Waals surface area contributed by atoms with E-state index in [0.29, 0.717) is 18.8 Å². The number of amides is 1.